The Balaban J connectivity index is 1.80. The standard InChI is InChI=1S/C19H30N2/c20-18-10-12-19(13-11-18,16-17-8-4-3-5-9-17)21-14-6-1-2-7-15-21/h3-5,8-9,18H,1-2,6-7,10-16,20H2. The average molecular weight is 286 g/mol. The molecule has 21 heavy (non-hydrogen) atoms. The van der Waals surface area contributed by atoms with Crippen LogP contribution in [0.4, 0.5) is 0 Å². The molecule has 3 rings (SSSR count). The predicted molar refractivity (Wildman–Crippen MR) is 89.4 cm³/mol. The van der Waals surface area contributed by atoms with Gasteiger partial charge < -0.3 is 5.73 Å². The number of rotatable bonds is 3. The summed E-state index contributed by atoms with van der Waals surface area (Å²) in [6.45, 7) is 2.59. The third-order valence-corrected chi connectivity index (χ3v) is 5.61. The minimum atomic E-state index is 0.377. The van der Waals surface area contributed by atoms with Crippen molar-refractivity contribution in [2.24, 2.45) is 5.73 Å². The molecule has 0 unspecified atom stereocenters. The summed E-state index contributed by atoms with van der Waals surface area (Å²) in [5, 5.41) is 0. The van der Waals surface area contributed by atoms with Crippen molar-refractivity contribution in [1.29, 1.82) is 0 Å². The van der Waals surface area contributed by atoms with Crippen molar-refractivity contribution in [3.8, 4) is 0 Å². The summed E-state index contributed by atoms with van der Waals surface area (Å²) >= 11 is 0. The van der Waals surface area contributed by atoms with E-state index in [-0.39, 0.29) is 0 Å². The van der Waals surface area contributed by atoms with Crippen LogP contribution in [0.15, 0.2) is 30.3 Å². The molecule has 0 atom stereocenters. The van der Waals surface area contributed by atoms with Crippen LogP contribution in [-0.2, 0) is 6.42 Å². The Kier molecular flexibility index (Phi) is 4.97. The molecule has 1 saturated heterocycles. The summed E-state index contributed by atoms with van der Waals surface area (Å²) < 4.78 is 0. The van der Waals surface area contributed by atoms with Gasteiger partial charge in [-0.05, 0) is 63.6 Å². The first-order valence-electron chi connectivity index (χ1n) is 8.83. The van der Waals surface area contributed by atoms with E-state index in [1.54, 1.807) is 0 Å². The van der Waals surface area contributed by atoms with Gasteiger partial charge in [-0.25, -0.2) is 0 Å². The Hall–Kier alpha value is -0.860. The zero-order chi connectivity index (χ0) is 14.5. The Morgan fingerprint density at radius 1 is 0.952 bits per heavy atom. The summed E-state index contributed by atoms with van der Waals surface area (Å²) in [7, 11) is 0. The Bertz CT molecular complexity index is 412. The van der Waals surface area contributed by atoms with Crippen LogP contribution in [0.2, 0.25) is 0 Å². The van der Waals surface area contributed by atoms with Crippen molar-refractivity contribution in [2.75, 3.05) is 13.1 Å². The molecule has 0 amide bonds. The van der Waals surface area contributed by atoms with Crippen LogP contribution in [0, 0.1) is 0 Å². The molecule has 1 heterocycles. The van der Waals surface area contributed by atoms with Gasteiger partial charge in [-0.3, -0.25) is 4.90 Å². The largest absolute Gasteiger partial charge is 0.328 e. The van der Waals surface area contributed by atoms with E-state index < -0.39 is 0 Å². The fraction of sp³-hybridized carbons (Fsp3) is 0.684. The lowest BCUT2D eigenvalue weighted by atomic mass is 9.74. The van der Waals surface area contributed by atoms with E-state index in [1.807, 2.05) is 0 Å². The number of benzene rings is 1. The summed E-state index contributed by atoms with van der Waals surface area (Å²) in [4.78, 5) is 2.83. The van der Waals surface area contributed by atoms with Crippen molar-refractivity contribution < 1.29 is 0 Å². The van der Waals surface area contributed by atoms with Crippen molar-refractivity contribution in [1.82, 2.24) is 4.90 Å². The van der Waals surface area contributed by atoms with Gasteiger partial charge in [-0.1, -0.05) is 43.2 Å². The van der Waals surface area contributed by atoms with Gasteiger partial charge in [-0.2, -0.15) is 0 Å². The highest BCUT2D eigenvalue weighted by Crippen LogP contribution is 2.37. The molecule has 2 fully saturated rings. The highest BCUT2D eigenvalue weighted by molar-refractivity contribution is 5.19. The quantitative estimate of drug-likeness (QED) is 0.917. The molecule has 1 aromatic carbocycles. The second-order valence-electron chi connectivity index (χ2n) is 7.13. The highest BCUT2D eigenvalue weighted by Gasteiger charge is 2.39. The van der Waals surface area contributed by atoms with E-state index in [1.165, 1.54) is 76.4 Å². The summed E-state index contributed by atoms with van der Waals surface area (Å²) in [6, 6.07) is 11.5. The van der Waals surface area contributed by atoms with Crippen LogP contribution in [0.1, 0.15) is 56.9 Å². The van der Waals surface area contributed by atoms with Gasteiger partial charge in [0.15, 0.2) is 0 Å². The van der Waals surface area contributed by atoms with Gasteiger partial charge in [0.2, 0.25) is 0 Å². The summed E-state index contributed by atoms with van der Waals surface area (Å²) in [5.74, 6) is 0. The molecule has 0 aromatic heterocycles. The van der Waals surface area contributed by atoms with Crippen LogP contribution in [-0.4, -0.2) is 29.6 Å². The molecule has 1 aliphatic carbocycles. The lowest BCUT2D eigenvalue weighted by molar-refractivity contribution is 0.0480. The van der Waals surface area contributed by atoms with E-state index in [2.05, 4.69) is 35.2 Å². The van der Waals surface area contributed by atoms with Crippen LogP contribution in [0.5, 0.6) is 0 Å². The Labute approximate surface area is 129 Å². The lowest BCUT2D eigenvalue weighted by Crippen LogP contribution is -2.54. The molecule has 0 radical (unpaired) electrons. The third-order valence-electron chi connectivity index (χ3n) is 5.61. The molecule has 1 aliphatic heterocycles. The molecule has 1 aromatic rings. The minimum Gasteiger partial charge on any atom is -0.328 e. The zero-order valence-corrected chi connectivity index (χ0v) is 13.3. The van der Waals surface area contributed by atoms with Gasteiger partial charge in [0.25, 0.3) is 0 Å². The maximum Gasteiger partial charge on any atom is 0.0251 e. The number of hydrogen-bond acceptors (Lipinski definition) is 2. The van der Waals surface area contributed by atoms with E-state index in [4.69, 9.17) is 5.73 Å². The van der Waals surface area contributed by atoms with Gasteiger partial charge >= 0.3 is 0 Å². The second-order valence-corrected chi connectivity index (χ2v) is 7.13. The molecule has 0 bridgehead atoms. The third kappa shape index (κ3) is 3.67. The normalized spacial score (nSPS) is 31.8. The van der Waals surface area contributed by atoms with Crippen LogP contribution < -0.4 is 5.73 Å². The summed E-state index contributed by atoms with van der Waals surface area (Å²) in [6.07, 6.45) is 11.7. The topological polar surface area (TPSA) is 29.3 Å². The van der Waals surface area contributed by atoms with Crippen LogP contribution >= 0.6 is 0 Å². The molecule has 0 spiro atoms. The van der Waals surface area contributed by atoms with Crippen molar-refractivity contribution in [2.45, 2.75) is 69.4 Å². The number of nitrogens with two attached hydrogens (primary N) is 1. The average Bonchev–Trinajstić information content (AvgIpc) is 2.81. The van der Waals surface area contributed by atoms with E-state index in [0.29, 0.717) is 11.6 Å². The molecule has 116 valence electrons. The molecule has 2 heteroatoms. The first kappa shape index (κ1) is 15.1. The van der Waals surface area contributed by atoms with Crippen LogP contribution in [0.25, 0.3) is 0 Å². The van der Waals surface area contributed by atoms with E-state index >= 15 is 0 Å². The van der Waals surface area contributed by atoms with Crippen LogP contribution in [0.3, 0.4) is 0 Å². The monoisotopic (exact) mass is 286 g/mol. The SMILES string of the molecule is NC1CCC(Cc2ccccc2)(N2CCCCCC2)CC1. The van der Waals surface area contributed by atoms with Crippen molar-refractivity contribution in [3.05, 3.63) is 35.9 Å². The van der Waals surface area contributed by atoms with Gasteiger partial charge in [-0.15, -0.1) is 0 Å². The number of nitrogens with zero attached hydrogens (tertiary/aromatic N) is 1. The zero-order valence-electron chi connectivity index (χ0n) is 13.3. The molecule has 2 nitrogen and oxygen atoms in total. The Morgan fingerprint density at radius 3 is 2.19 bits per heavy atom. The van der Waals surface area contributed by atoms with E-state index in [9.17, 15) is 0 Å². The maximum atomic E-state index is 6.19. The first-order chi connectivity index (χ1) is 10.3. The molecule has 2 N–H and O–H groups in total. The molecular weight excluding hydrogens is 256 g/mol. The van der Waals surface area contributed by atoms with Crippen molar-refractivity contribution >= 4 is 0 Å². The second kappa shape index (κ2) is 6.93. The van der Waals surface area contributed by atoms with Gasteiger partial charge in [0, 0.05) is 11.6 Å². The summed E-state index contributed by atoms with van der Waals surface area (Å²) in [5.41, 5.74) is 8.07. The van der Waals surface area contributed by atoms with Gasteiger partial charge in [0.1, 0.15) is 0 Å². The molecular formula is C19H30N2. The first-order valence-corrected chi connectivity index (χ1v) is 8.83. The fourth-order valence-electron chi connectivity index (χ4n) is 4.30. The van der Waals surface area contributed by atoms with Crippen molar-refractivity contribution in [3.63, 3.8) is 0 Å². The fourth-order valence-corrected chi connectivity index (χ4v) is 4.30. The van der Waals surface area contributed by atoms with E-state index in [0.717, 1.165) is 0 Å². The highest BCUT2D eigenvalue weighted by atomic mass is 15.2. The van der Waals surface area contributed by atoms with Gasteiger partial charge in [0.05, 0.1) is 0 Å². The lowest BCUT2D eigenvalue weighted by Gasteiger charge is -2.48. The minimum absolute atomic E-state index is 0.377. The smallest absolute Gasteiger partial charge is 0.0251 e. The number of hydrogen-bond donors (Lipinski definition) is 1. The Morgan fingerprint density at radius 2 is 1.57 bits per heavy atom. The maximum absolute atomic E-state index is 6.19. The predicted octanol–water partition coefficient (Wildman–Crippen LogP) is 3.75. The number of likely N-dealkylation sites (tertiary alicyclic amines) is 1. The molecule has 2 aliphatic rings. The molecule has 1 saturated carbocycles.